The molecule has 2 heterocycles. The van der Waals surface area contributed by atoms with Crippen LogP contribution in [0.3, 0.4) is 0 Å². The zero-order valence-electron chi connectivity index (χ0n) is 17.3. The first kappa shape index (κ1) is 19.6. The van der Waals surface area contributed by atoms with Crippen molar-refractivity contribution in [2.45, 2.75) is 69.7 Å². The summed E-state index contributed by atoms with van der Waals surface area (Å²) in [6, 6.07) is 4.89. The molecule has 0 amide bonds. The van der Waals surface area contributed by atoms with Gasteiger partial charge in [-0.25, -0.2) is 4.99 Å². The van der Waals surface area contributed by atoms with Crippen molar-refractivity contribution in [3.05, 3.63) is 51.9 Å². The molecule has 28 heavy (non-hydrogen) atoms. The van der Waals surface area contributed by atoms with E-state index in [0.29, 0.717) is 6.54 Å². The predicted molar refractivity (Wildman–Crippen MR) is 120 cm³/mol. The highest BCUT2D eigenvalue weighted by atomic mass is 32.2. The Hall–Kier alpha value is -1.72. The summed E-state index contributed by atoms with van der Waals surface area (Å²) < 4.78 is 0. The Morgan fingerprint density at radius 3 is 2.71 bits per heavy atom. The Balaban J connectivity index is 1.66. The number of fused-ring (bicyclic) bond motifs is 2. The Morgan fingerprint density at radius 2 is 2.00 bits per heavy atom. The van der Waals surface area contributed by atoms with Gasteiger partial charge in [0, 0.05) is 24.2 Å². The summed E-state index contributed by atoms with van der Waals surface area (Å²) in [7, 11) is 0. The molecule has 5 heteroatoms. The molecule has 1 fully saturated rings. The van der Waals surface area contributed by atoms with Crippen molar-refractivity contribution in [1.82, 2.24) is 10.2 Å². The number of hydrogen-bond donors (Lipinski definition) is 2. The first-order valence-corrected chi connectivity index (χ1v) is 11.5. The highest BCUT2D eigenvalue weighted by Crippen LogP contribution is 2.37. The van der Waals surface area contributed by atoms with Crippen LogP contribution in [0.2, 0.25) is 0 Å². The van der Waals surface area contributed by atoms with Crippen molar-refractivity contribution < 1.29 is 0 Å². The number of aliphatic imine (C=N–C) groups is 1. The molecule has 0 aromatic heterocycles. The quantitative estimate of drug-likeness (QED) is 0.751. The van der Waals surface area contributed by atoms with Gasteiger partial charge in [-0.3, -0.25) is 0 Å². The van der Waals surface area contributed by atoms with E-state index < -0.39 is 0 Å². The van der Waals surface area contributed by atoms with Crippen LogP contribution in [0.5, 0.6) is 0 Å². The standard InChI is InChI=1S/C23H32N4S/c1-4-16-11-15(3)21-22(25-14-16)27(10-9-24)23(26-21)28-20-13-19-8-6-7-18(19)12-17(20)5-2/h12-14,23,26H,4-11,24H2,1-3H3. The van der Waals surface area contributed by atoms with Crippen molar-refractivity contribution in [3.8, 4) is 0 Å². The Bertz CT molecular complexity index is 852. The number of hydrogen-bond acceptors (Lipinski definition) is 5. The van der Waals surface area contributed by atoms with E-state index >= 15 is 0 Å². The number of amidine groups is 1. The number of rotatable bonds is 6. The molecule has 2 aliphatic heterocycles. The summed E-state index contributed by atoms with van der Waals surface area (Å²) in [5, 5.41) is 3.78. The number of allylic oxidation sites excluding steroid dienone is 2. The first-order valence-electron chi connectivity index (χ1n) is 10.6. The van der Waals surface area contributed by atoms with E-state index in [9.17, 15) is 0 Å². The van der Waals surface area contributed by atoms with E-state index in [1.165, 1.54) is 46.6 Å². The molecular weight excluding hydrogens is 364 g/mol. The van der Waals surface area contributed by atoms with Crippen LogP contribution in [0.4, 0.5) is 0 Å². The Kier molecular flexibility index (Phi) is 5.83. The fraction of sp³-hybridized carbons (Fsp3) is 0.522. The molecule has 1 unspecified atom stereocenters. The van der Waals surface area contributed by atoms with Crippen LogP contribution >= 0.6 is 11.8 Å². The molecule has 1 saturated heterocycles. The lowest BCUT2D eigenvalue weighted by Crippen LogP contribution is -2.38. The van der Waals surface area contributed by atoms with Crippen molar-refractivity contribution in [2.24, 2.45) is 10.7 Å². The SMILES string of the molecule is CCC1=CN=C2C(=C(C)C1)NC(Sc1cc3c(cc1CC)CCC3)N2CCN. The maximum atomic E-state index is 5.98. The summed E-state index contributed by atoms with van der Waals surface area (Å²) in [5.74, 6) is 1.06. The van der Waals surface area contributed by atoms with Crippen LogP contribution in [0.15, 0.2) is 45.1 Å². The minimum atomic E-state index is 0.147. The Labute approximate surface area is 173 Å². The van der Waals surface area contributed by atoms with E-state index in [-0.39, 0.29) is 5.50 Å². The van der Waals surface area contributed by atoms with Gasteiger partial charge in [0.15, 0.2) is 11.3 Å². The first-order chi connectivity index (χ1) is 13.6. The van der Waals surface area contributed by atoms with Gasteiger partial charge in [0.1, 0.15) is 0 Å². The van der Waals surface area contributed by atoms with E-state index in [4.69, 9.17) is 10.7 Å². The number of nitrogens with one attached hydrogen (secondary N) is 1. The second-order valence-corrected chi connectivity index (χ2v) is 9.08. The monoisotopic (exact) mass is 396 g/mol. The van der Waals surface area contributed by atoms with Crippen LogP contribution < -0.4 is 11.1 Å². The second kappa shape index (κ2) is 8.34. The zero-order valence-corrected chi connectivity index (χ0v) is 18.2. The topological polar surface area (TPSA) is 53.7 Å². The van der Waals surface area contributed by atoms with E-state index in [1.807, 2.05) is 11.8 Å². The van der Waals surface area contributed by atoms with Gasteiger partial charge < -0.3 is 16.0 Å². The highest BCUT2D eigenvalue weighted by molar-refractivity contribution is 8.00. The maximum absolute atomic E-state index is 5.98. The summed E-state index contributed by atoms with van der Waals surface area (Å²) in [6.45, 7) is 8.13. The second-order valence-electron chi connectivity index (χ2n) is 7.96. The number of nitrogens with two attached hydrogens (primary N) is 1. The van der Waals surface area contributed by atoms with Gasteiger partial charge in [0.25, 0.3) is 0 Å². The normalized spacial score (nSPS) is 21.1. The molecule has 1 aliphatic carbocycles. The number of nitrogens with zero attached hydrogens (tertiary/aromatic N) is 2. The smallest absolute Gasteiger partial charge is 0.154 e. The molecule has 1 aromatic rings. The van der Waals surface area contributed by atoms with Crippen molar-refractivity contribution in [1.29, 1.82) is 0 Å². The molecule has 0 saturated carbocycles. The minimum Gasteiger partial charge on any atom is -0.353 e. The molecule has 1 atom stereocenters. The lowest BCUT2D eigenvalue weighted by Gasteiger charge is -2.25. The predicted octanol–water partition coefficient (Wildman–Crippen LogP) is 4.35. The van der Waals surface area contributed by atoms with Crippen LogP contribution in [0.1, 0.15) is 56.7 Å². The average molecular weight is 397 g/mol. The molecule has 3 aliphatic rings. The fourth-order valence-electron chi connectivity index (χ4n) is 4.43. The molecule has 4 nitrogen and oxygen atoms in total. The molecule has 0 radical (unpaired) electrons. The van der Waals surface area contributed by atoms with Gasteiger partial charge in [-0.1, -0.05) is 31.7 Å². The van der Waals surface area contributed by atoms with Gasteiger partial charge in [-0.05, 0) is 79.4 Å². The van der Waals surface area contributed by atoms with E-state index in [2.05, 4.69) is 49.3 Å². The average Bonchev–Trinajstić information content (AvgIpc) is 3.25. The molecule has 4 rings (SSSR count). The number of benzene rings is 1. The largest absolute Gasteiger partial charge is 0.353 e. The molecule has 0 bridgehead atoms. The van der Waals surface area contributed by atoms with Crippen LogP contribution in [-0.4, -0.2) is 29.3 Å². The Morgan fingerprint density at radius 1 is 1.21 bits per heavy atom. The lowest BCUT2D eigenvalue weighted by atomic mass is 10.0. The third-order valence-electron chi connectivity index (χ3n) is 6.05. The number of thioether (sulfide) groups is 1. The number of aryl methyl sites for hydroxylation is 3. The molecule has 0 spiro atoms. The van der Waals surface area contributed by atoms with Gasteiger partial charge in [0.05, 0.1) is 5.70 Å². The minimum absolute atomic E-state index is 0.147. The zero-order chi connectivity index (χ0) is 19.7. The van der Waals surface area contributed by atoms with Gasteiger partial charge in [-0.2, -0.15) is 0 Å². The highest BCUT2D eigenvalue weighted by Gasteiger charge is 2.35. The van der Waals surface area contributed by atoms with Crippen LogP contribution in [-0.2, 0) is 19.3 Å². The molecular formula is C23H32N4S. The third kappa shape index (κ3) is 3.62. The van der Waals surface area contributed by atoms with Gasteiger partial charge in [-0.15, -0.1) is 0 Å². The fourth-order valence-corrected chi connectivity index (χ4v) is 5.75. The summed E-state index contributed by atoms with van der Waals surface area (Å²) in [5.41, 5.74) is 14.7. The van der Waals surface area contributed by atoms with Crippen LogP contribution in [0.25, 0.3) is 0 Å². The summed E-state index contributed by atoms with van der Waals surface area (Å²) in [6.07, 6.45) is 8.94. The molecule has 3 N–H and O–H groups in total. The summed E-state index contributed by atoms with van der Waals surface area (Å²) >= 11 is 1.92. The van der Waals surface area contributed by atoms with Gasteiger partial charge >= 0.3 is 0 Å². The van der Waals surface area contributed by atoms with Crippen molar-refractivity contribution >= 4 is 17.6 Å². The van der Waals surface area contributed by atoms with Gasteiger partial charge in [0.2, 0.25) is 0 Å². The van der Waals surface area contributed by atoms with Crippen molar-refractivity contribution in [2.75, 3.05) is 13.1 Å². The summed E-state index contributed by atoms with van der Waals surface area (Å²) in [4.78, 5) is 8.63. The third-order valence-corrected chi connectivity index (χ3v) is 7.28. The maximum Gasteiger partial charge on any atom is 0.154 e. The lowest BCUT2D eigenvalue weighted by molar-refractivity contribution is 0.413. The molecule has 150 valence electrons. The van der Waals surface area contributed by atoms with E-state index in [1.54, 1.807) is 11.1 Å². The van der Waals surface area contributed by atoms with Crippen LogP contribution in [0, 0.1) is 0 Å². The van der Waals surface area contributed by atoms with E-state index in [0.717, 1.165) is 31.6 Å². The van der Waals surface area contributed by atoms with Crippen molar-refractivity contribution in [3.63, 3.8) is 0 Å². The molecule has 1 aromatic carbocycles.